The highest BCUT2D eigenvalue weighted by Crippen LogP contribution is 2.20. The molecule has 1 aliphatic rings. The van der Waals surface area contributed by atoms with E-state index in [1.807, 2.05) is 20.0 Å². The van der Waals surface area contributed by atoms with Crippen LogP contribution in [-0.2, 0) is 4.79 Å². The van der Waals surface area contributed by atoms with E-state index in [2.05, 4.69) is 20.5 Å². The van der Waals surface area contributed by atoms with Crippen LogP contribution < -0.4 is 15.5 Å². The first kappa shape index (κ1) is 10.7. The molecule has 1 aromatic rings. The second-order valence-corrected chi connectivity index (χ2v) is 3.84. The molecule has 0 spiro atoms. The molecule has 1 aromatic heterocycles. The van der Waals surface area contributed by atoms with Gasteiger partial charge in [-0.25, -0.2) is 0 Å². The molecule has 16 heavy (non-hydrogen) atoms. The van der Waals surface area contributed by atoms with Crippen molar-refractivity contribution in [3.8, 4) is 0 Å². The Balaban J connectivity index is 2.25. The molecule has 2 rings (SSSR count). The van der Waals surface area contributed by atoms with Gasteiger partial charge >= 0.3 is 0 Å². The summed E-state index contributed by atoms with van der Waals surface area (Å²) in [4.78, 5) is 17.8. The summed E-state index contributed by atoms with van der Waals surface area (Å²) in [5, 5.41) is 5.89. The van der Waals surface area contributed by atoms with Crippen LogP contribution in [-0.4, -0.2) is 37.1 Å². The summed E-state index contributed by atoms with van der Waals surface area (Å²) < 4.78 is 0. The highest BCUT2D eigenvalue weighted by Gasteiger charge is 2.25. The van der Waals surface area contributed by atoms with E-state index >= 15 is 0 Å². The number of carbonyl (C=O) groups is 1. The fourth-order valence-electron chi connectivity index (χ4n) is 1.86. The van der Waals surface area contributed by atoms with Crippen molar-refractivity contribution in [3.63, 3.8) is 0 Å². The van der Waals surface area contributed by atoms with Crippen LogP contribution in [0.1, 0.15) is 6.92 Å². The molecule has 1 atom stereocenters. The second kappa shape index (κ2) is 4.38. The molecule has 1 saturated heterocycles. The maximum absolute atomic E-state index is 11.5. The molecule has 2 heterocycles. The number of piperazine rings is 1. The average molecular weight is 220 g/mol. The average Bonchev–Trinajstić information content (AvgIpc) is 2.33. The van der Waals surface area contributed by atoms with Crippen molar-refractivity contribution in [2.24, 2.45) is 0 Å². The summed E-state index contributed by atoms with van der Waals surface area (Å²) >= 11 is 0. The van der Waals surface area contributed by atoms with Gasteiger partial charge in [-0.05, 0) is 13.0 Å². The number of aromatic nitrogens is 1. The number of rotatable bonds is 2. The molecular weight excluding hydrogens is 204 g/mol. The third kappa shape index (κ3) is 1.93. The van der Waals surface area contributed by atoms with E-state index in [1.54, 1.807) is 12.4 Å². The van der Waals surface area contributed by atoms with Crippen molar-refractivity contribution in [1.82, 2.24) is 10.3 Å². The predicted octanol–water partition coefficient (Wildman–Crippen LogP) is 0.448. The number of nitrogens with one attached hydrogen (secondary N) is 2. The van der Waals surface area contributed by atoms with Crippen molar-refractivity contribution in [2.45, 2.75) is 13.0 Å². The molecule has 0 saturated carbocycles. The molecule has 1 amide bonds. The zero-order chi connectivity index (χ0) is 11.5. The summed E-state index contributed by atoms with van der Waals surface area (Å²) in [6.07, 6.45) is 3.55. The second-order valence-electron chi connectivity index (χ2n) is 3.84. The van der Waals surface area contributed by atoms with E-state index < -0.39 is 0 Å². The van der Waals surface area contributed by atoms with Gasteiger partial charge in [0.15, 0.2) is 0 Å². The molecule has 2 N–H and O–H groups in total. The number of hydrogen-bond donors (Lipinski definition) is 2. The van der Waals surface area contributed by atoms with Crippen LogP contribution in [0.15, 0.2) is 18.5 Å². The van der Waals surface area contributed by atoms with Gasteiger partial charge in [0, 0.05) is 20.1 Å². The fraction of sp³-hybridized carbons (Fsp3) is 0.455. The molecule has 5 nitrogen and oxygen atoms in total. The van der Waals surface area contributed by atoms with Crippen LogP contribution >= 0.6 is 0 Å². The van der Waals surface area contributed by atoms with E-state index in [-0.39, 0.29) is 11.9 Å². The standard InChI is InChI=1S/C11H16N4O/c1-8-11(16)14-3-4-15(8)10-5-9(12-2)6-13-7-10/h5-8,12H,3-4H2,1-2H3,(H,14,16). The summed E-state index contributed by atoms with van der Waals surface area (Å²) in [5.41, 5.74) is 1.94. The molecule has 1 aliphatic heterocycles. The number of nitrogens with zero attached hydrogens (tertiary/aromatic N) is 2. The number of hydrogen-bond acceptors (Lipinski definition) is 4. The van der Waals surface area contributed by atoms with Crippen molar-refractivity contribution in [1.29, 1.82) is 0 Å². The Kier molecular flexibility index (Phi) is 2.94. The predicted molar refractivity (Wildman–Crippen MR) is 63.6 cm³/mol. The Morgan fingerprint density at radius 1 is 1.56 bits per heavy atom. The van der Waals surface area contributed by atoms with Gasteiger partial charge in [0.2, 0.25) is 5.91 Å². The van der Waals surface area contributed by atoms with E-state index in [9.17, 15) is 4.79 Å². The van der Waals surface area contributed by atoms with Crippen LogP contribution in [0.2, 0.25) is 0 Å². The number of pyridine rings is 1. The van der Waals surface area contributed by atoms with Gasteiger partial charge in [0.05, 0.1) is 23.8 Å². The molecule has 1 fully saturated rings. The Morgan fingerprint density at radius 2 is 2.38 bits per heavy atom. The van der Waals surface area contributed by atoms with Crippen molar-refractivity contribution < 1.29 is 4.79 Å². The highest BCUT2D eigenvalue weighted by atomic mass is 16.2. The minimum Gasteiger partial charge on any atom is -0.387 e. The molecular formula is C11H16N4O. The van der Waals surface area contributed by atoms with Crippen molar-refractivity contribution in [2.75, 3.05) is 30.4 Å². The molecule has 0 aromatic carbocycles. The van der Waals surface area contributed by atoms with Gasteiger partial charge in [0.25, 0.3) is 0 Å². The lowest BCUT2D eigenvalue weighted by Gasteiger charge is -2.34. The van der Waals surface area contributed by atoms with Crippen LogP contribution in [0.3, 0.4) is 0 Å². The van der Waals surface area contributed by atoms with Gasteiger partial charge in [-0.1, -0.05) is 0 Å². The zero-order valence-corrected chi connectivity index (χ0v) is 9.53. The van der Waals surface area contributed by atoms with E-state index in [4.69, 9.17) is 0 Å². The van der Waals surface area contributed by atoms with E-state index in [1.165, 1.54) is 0 Å². The topological polar surface area (TPSA) is 57.3 Å². The van der Waals surface area contributed by atoms with Gasteiger partial charge in [0.1, 0.15) is 6.04 Å². The van der Waals surface area contributed by atoms with Gasteiger partial charge in [-0.2, -0.15) is 0 Å². The lowest BCUT2D eigenvalue weighted by molar-refractivity contribution is -0.122. The van der Waals surface area contributed by atoms with E-state index in [0.29, 0.717) is 6.54 Å². The van der Waals surface area contributed by atoms with Gasteiger partial charge in [-0.15, -0.1) is 0 Å². The van der Waals surface area contributed by atoms with Crippen LogP contribution in [0.4, 0.5) is 11.4 Å². The van der Waals surface area contributed by atoms with Crippen molar-refractivity contribution >= 4 is 17.3 Å². The molecule has 0 radical (unpaired) electrons. The quantitative estimate of drug-likeness (QED) is 0.759. The molecule has 1 unspecified atom stereocenters. The zero-order valence-electron chi connectivity index (χ0n) is 9.53. The minimum absolute atomic E-state index is 0.0705. The first-order valence-corrected chi connectivity index (χ1v) is 5.39. The Morgan fingerprint density at radius 3 is 3.12 bits per heavy atom. The third-order valence-electron chi connectivity index (χ3n) is 2.84. The first-order chi connectivity index (χ1) is 7.72. The number of amides is 1. The summed E-state index contributed by atoms with van der Waals surface area (Å²) in [6, 6.07) is 1.87. The molecule has 0 aliphatic carbocycles. The van der Waals surface area contributed by atoms with Gasteiger partial charge < -0.3 is 15.5 Å². The highest BCUT2D eigenvalue weighted by molar-refractivity contribution is 5.86. The molecule has 5 heteroatoms. The van der Waals surface area contributed by atoms with Crippen LogP contribution in [0.25, 0.3) is 0 Å². The Hall–Kier alpha value is -1.78. The maximum atomic E-state index is 11.5. The Bertz CT molecular complexity index is 393. The Labute approximate surface area is 94.9 Å². The van der Waals surface area contributed by atoms with Crippen LogP contribution in [0.5, 0.6) is 0 Å². The van der Waals surface area contributed by atoms with Crippen molar-refractivity contribution in [3.05, 3.63) is 18.5 Å². The monoisotopic (exact) mass is 220 g/mol. The summed E-state index contributed by atoms with van der Waals surface area (Å²) in [7, 11) is 1.85. The number of carbonyl (C=O) groups excluding carboxylic acids is 1. The smallest absolute Gasteiger partial charge is 0.242 e. The maximum Gasteiger partial charge on any atom is 0.242 e. The van der Waals surface area contributed by atoms with Crippen LogP contribution in [0, 0.1) is 0 Å². The largest absolute Gasteiger partial charge is 0.387 e. The number of anilines is 2. The normalized spacial score (nSPS) is 20.5. The summed E-state index contributed by atoms with van der Waals surface area (Å²) in [5.74, 6) is 0.0705. The lowest BCUT2D eigenvalue weighted by atomic mass is 10.2. The first-order valence-electron chi connectivity index (χ1n) is 5.39. The SMILES string of the molecule is CNc1cncc(N2CCNC(=O)C2C)c1. The van der Waals surface area contributed by atoms with E-state index in [0.717, 1.165) is 17.9 Å². The van der Waals surface area contributed by atoms with Gasteiger partial charge in [-0.3, -0.25) is 9.78 Å². The minimum atomic E-state index is -0.136. The molecule has 86 valence electrons. The molecule has 0 bridgehead atoms. The third-order valence-corrected chi connectivity index (χ3v) is 2.84. The lowest BCUT2D eigenvalue weighted by Crippen LogP contribution is -2.54. The summed E-state index contributed by atoms with van der Waals surface area (Å²) in [6.45, 7) is 3.41. The fourth-order valence-corrected chi connectivity index (χ4v) is 1.86.